The van der Waals surface area contributed by atoms with Crippen LogP contribution < -0.4 is 5.32 Å². The summed E-state index contributed by atoms with van der Waals surface area (Å²) < 4.78 is 0. The molecule has 3 nitrogen and oxygen atoms in total. The largest absolute Gasteiger partial charge is 0.381 e. The van der Waals surface area contributed by atoms with Crippen LogP contribution in [0.4, 0.5) is 5.69 Å². The van der Waals surface area contributed by atoms with E-state index in [0.29, 0.717) is 0 Å². The van der Waals surface area contributed by atoms with Gasteiger partial charge in [0.05, 0.1) is 0 Å². The number of benzene rings is 2. The summed E-state index contributed by atoms with van der Waals surface area (Å²) >= 11 is 5.94. The summed E-state index contributed by atoms with van der Waals surface area (Å²) in [5.74, 6) is 0. The van der Waals surface area contributed by atoms with E-state index in [4.69, 9.17) is 11.6 Å². The number of fused-ring (bicyclic) bond motifs is 1. The van der Waals surface area contributed by atoms with Crippen molar-refractivity contribution in [2.75, 3.05) is 5.32 Å². The van der Waals surface area contributed by atoms with E-state index in [1.165, 1.54) is 27.6 Å². The van der Waals surface area contributed by atoms with Gasteiger partial charge in [0.15, 0.2) is 0 Å². The summed E-state index contributed by atoms with van der Waals surface area (Å²) in [5, 5.41) is 5.43. The molecule has 4 rings (SSSR count). The molecule has 0 aliphatic carbocycles. The number of nitrogens with one attached hydrogen (secondary N) is 2. The number of hydrogen-bond donors (Lipinski definition) is 2. The van der Waals surface area contributed by atoms with Gasteiger partial charge in [-0.1, -0.05) is 29.8 Å². The molecular weight excluding hydrogens is 342 g/mol. The van der Waals surface area contributed by atoms with Crippen molar-refractivity contribution in [3.63, 3.8) is 0 Å². The number of pyridine rings is 1. The van der Waals surface area contributed by atoms with Crippen LogP contribution in [0.1, 0.15) is 22.3 Å². The molecule has 0 fully saturated rings. The van der Waals surface area contributed by atoms with Crippen molar-refractivity contribution in [2.45, 2.75) is 19.9 Å². The summed E-state index contributed by atoms with van der Waals surface area (Å²) in [7, 11) is 0. The molecule has 0 amide bonds. The fraction of sp³-hybridized carbons (Fsp3) is 0.136. The van der Waals surface area contributed by atoms with E-state index in [1.807, 2.05) is 36.5 Å². The molecule has 4 heteroatoms. The molecule has 0 atom stereocenters. The van der Waals surface area contributed by atoms with Crippen LogP contribution in [-0.4, -0.2) is 9.97 Å². The summed E-state index contributed by atoms with van der Waals surface area (Å²) in [5.41, 5.74) is 7.17. The second-order valence-corrected chi connectivity index (χ2v) is 6.95. The van der Waals surface area contributed by atoms with Crippen LogP contribution in [0, 0.1) is 6.92 Å². The first-order chi connectivity index (χ1) is 12.7. The van der Waals surface area contributed by atoms with E-state index < -0.39 is 0 Å². The van der Waals surface area contributed by atoms with Crippen molar-refractivity contribution in [3.8, 4) is 0 Å². The average molecular weight is 362 g/mol. The molecule has 0 saturated carbocycles. The van der Waals surface area contributed by atoms with Gasteiger partial charge in [0.25, 0.3) is 0 Å². The lowest BCUT2D eigenvalue weighted by Crippen LogP contribution is -2.00. The molecule has 0 unspecified atom stereocenters. The van der Waals surface area contributed by atoms with Gasteiger partial charge < -0.3 is 10.3 Å². The van der Waals surface area contributed by atoms with Gasteiger partial charge >= 0.3 is 0 Å². The Labute approximate surface area is 158 Å². The quantitative estimate of drug-likeness (QED) is 0.476. The highest BCUT2D eigenvalue weighted by molar-refractivity contribution is 6.30. The lowest BCUT2D eigenvalue weighted by molar-refractivity contribution is 1.13. The number of aromatic amines is 1. The van der Waals surface area contributed by atoms with E-state index in [0.717, 1.165) is 29.3 Å². The highest BCUT2D eigenvalue weighted by Gasteiger charge is 2.07. The Balaban J connectivity index is 1.48. The maximum absolute atomic E-state index is 5.94. The van der Waals surface area contributed by atoms with Crippen LogP contribution in [0.2, 0.25) is 5.02 Å². The van der Waals surface area contributed by atoms with Gasteiger partial charge in [-0.25, -0.2) is 4.98 Å². The van der Waals surface area contributed by atoms with E-state index in [-0.39, 0.29) is 0 Å². The molecule has 26 heavy (non-hydrogen) atoms. The van der Waals surface area contributed by atoms with E-state index >= 15 is 0 Å². The lowest BCUT2D eigenvalue weighted by Gasteiger charge is -2.11. The molecular formula is C22H20ClN3. The van der Waals surface area contributed by atoms with Gasteiger partial charge in [-0.05, 0) is 72.0 Å². The lowest BCUT2D eigenvalue weighted by atomic mass is 10.00. The zero-order valence-corrected chi connectivity index (χ0v) is 15.3. The third-order valence-corrected chi connectivity index (χ3v) is 4.92. The Morgan fingerprint density at radius 1 is 1.04 bits per heavy atom. The first-order valence-corrected chi connectivity index (χ1v) is 9.06. The van der Waals surface area contributed by atoms with Crippen LogP contribution >= 0.6 is 11.6 Å². The minimum absolute atomic E-state index is 0.765. The molecule has 0 aliphatic heterocycles. The second-order valence-electron chi connectivity index (χ2n) is 6.51. The molecule has 0 saturated heterocycles. The Kier molecular flexibility index (Phi) is 4.63. The smallest absolute Gasteiger partial charge is 0.137 e. The summed E-state index contributed by atoms with van der Waals surface area (Å²) in [6, 6.07) is 18.6. The first kappa shape index (κ1) is 16.7. The Morgan fingerprint density at radius 2 is 1.88 bits per heavy atom. The molecule has 0 aliphatic rings. The fourth-order valence-corrected chi connectivity index (χ4v) is 3.30. The summed E-state index contributed by atoms with van der Waals surface area (Å²) in [6.07, 6.45) is 4.77. The van der Waals surface area contributed by atoms with Crippen LogP contribution in [0.3, 0.4) is 0 Å². The second kappa shape index (κ2) is 7.22. The molecule has 0 radical (unpaired) electrons. The first-order valence-electron chi connectivity index (χ1n) is 8.68. The van der Waals surface area contributed by atoms with Crippen molar-refractivity contribution < 1.29 is 0 Å². The van der Waals surface area contributed by atoms with E-state index in [9.17, 15) is 0 Å². The number of anilines is 1. The molecule has 2 aromatic carbocycles. The van der Waals surface area contributed by atoms with Crippen LogP contribution in [-0.2, 0) is 13.0 Å². The molecule has 2 heterocycles. The van der Waals surface area contributed by atoms with Gasteiger partial charge in [0, 0.05) is 35.0 Å². The maximum atomic E-state index is 5.94. The maximum Gasteiger partial charge on any atom is 0.137 e. The fourth-order valence-electron chi connectivity index (χ4n) is 3.17. The Morgan fingerprint density at radius 3 is 2.69 bits per heavy atom. The number of hydrogen-bond acceptors (Lipinski definition) is 2. The monoisotopic (exact) mass is 361 g/mol. The number of halogens is 1. The Bertz CT molecular complexity index is 1030. The number of aryl methyl sites for hydroxylation is 1. The molecule has 0 spiro atoms. The number of H-pyrrole nitrogens is 1. The predicted molar refractivity (Wildman–Crippen MR) is 109 cm³/mol. The van der Waals surface area contributed by atoms with Gasteiger partial charge in [-0.2, -0.15) is 0 Å². The van der Waals surface area contributed by atoms with Gasteiger partial charge in [-0.15, -0.1) is 0 Å². The van der Waals surface area contributed by atoms with Gasteiger partial charge in [0.1, 0.15) is 5.65 Å². The standard InChI is InChI=1S/C22H20ClN3/c1-15-11-20(25-13-16-4-7-19(23)8-5-16)9-6-17(15)12-18-14-26-22-21(18)3-2-10-24-22/h2-11,14,25H,12-13H2,1H3,(H,24,26). The van der Waals surface area contributed by atoms with Crippen molar-refractivity contribution >= 4 is 28.3 Å². The normalized spacial score (nSPS) is 11.0. The third kappa shape index (κ3) is 3.58. The van der Waals surface area contributed by atoms with Gasteiger partial charge in [-0.3, -0.25) is 0 Å². The van der Waals surface area contributed by atoms with Crippen LogP contribution in [0.5, 0.6) is 0 Å². The minimum Gasteiger partial charge on any atom is -0.381 e. The van der Waals surface area contributed by atoms with E-state index in [2.05, 4.69) is 52.7 Å². The predicted octanol–water partition coefficient (Wildman–Crippen LogP) is 5.73. The SMILES string of the molecule is Cc1cc(NCc2ccc(Cl)cc2)ccc1Cc1c[nH]c2ncccc12. The third-order valence-electron chi connectivity index (χ3n) is 4.67. The van der Waals surface area contributed by atoms with Crippen molar-refractivity contribution in [1.29, 1.82) is 0 Å². The number of rotatable bonds is 5. The molecule has 2 aromatic heterocycles. The zero-order chi connectivity index (χ0) is 17.9. The highest BCUT2D eigenvalue weighted by Crippen LogP contribution is 2.23. The van der Waals surface area contributed by atoms with Crippen LogP contribution in [0.15, 0.2) is 67.0 Å². The van der Waals surface area contributed by atoms with Crippen molar-refractivity contribution in [1.82, 2.24) is 9.97 Å². The molecule has 2 N–H and O–H groups in total. The Hall–Kier alpha value is -2.78. The summed E-state index contributed by atoms with van der Waals surface area (Å²) in [6.45, 7) is 2.94. The van der Waals surface area contributed by atoms with Gasteiger partial charge in [0.2, 0.25) is 0 Å². The van der Waals surface area contributed by atoms with Crippen molar-refractivity contribution in [2.24, 2.45) is 0 Å². The molecule has 4 aromatic rings. The topological polar surface area (TPSA) is 40.7 Å². The summed E-state index contributed by atoms with van der Waals surface area (Å²) in [4.78, 5) is 7.61. The zero-order valence-electron chi connectivity index (χ0n) is 14.6. The van der Waals surface area contributed by atoms with E-state index in [1.54, 1.807) is 0 Å². The molecule has 130 valence electrons. The van der Waals surface area contributed by atoms with Crippen LogP contribution in [0.25, 0.3) is 11.0 Å². The number of nitrogens with zero attached hydrogens (tertiary/aromatic N) is 1. The highest BCUT2D eigenvalue weighted by atomic mass is 35.5. The van der Waals surface area contributed by atoms with Crippen molar-refractivity contribution in [3.05, 3.63) is 94.3 Å². The molecule has 0 bridgehead atoms. The number of aromatic nitrogens is 2. The minimum atomic E-state index is 0.765. The average Bonchev–Trinajstić information content (AvgIpc) is 3.06.